The zero-order chi connectivity index (χ0) is 22.5. The number of anilines is 1. The average Bonchev–Trinajstić information content (AvgIpc) is 3.27. The lowest BCUT2D eigenvalue weighted by atomic mass is 10.0. The molecule has 3 aromatic carbocycles. The second-order valence-corrected chi connectivity index (χ2v) is 8.17. The minimum absolute atomic E-state index is 0.0707. The van der Waals surface area contributed by atoms with Crippen LogP contribution in [0.3, 0.4) is 0 Å². The number of rotatable bonds is 7. The van der Waals surface area contributed by atoms with Gasteiger partial charge in [-0.1, -0.05) is 56.3 Å². The van der Waals surface area contributed by atoms with Crippen LogP contribution in [0.1, 0.15) is 42.5 Å². The van der Waals surface area contributed by atoms with E-state index >= 15 is 0 Å². The first-order valence-electron chi connectivity index (χ1n) is 10.9. The molecule has 1 unspecified atom stereocenters. The van der Waals surface area contributed by atoms with Gasteiger partial charge >= 0.3 is 0 Å². The SMILES string of the molecule is COc1ccc(C=CC2=CC(c3ccc(OC)cc3)N(c3ccc(C(C)C)cc3)N2)cc1. The number of hydrogen-bond donors (Lipinski definition) is 1. The minimum Gasteiger partial charge on any atom is -0.497 e. The largest absolute Gasteiger partial charge is 0.497 e. The van der Waals surface area contributed by atoms with Gasteiger partial charge < -0.3 is 9.47 Å². The van der Waals surface area contributed by atoms with Crippen molar-refractivity contribution in [3.8, 4) is 11.5 Å². The van der Waals surface area contributed by atoms with E-state index in [2.05, 4.69) is 78.9 Å². The fourth-order valence-electron chi connectivity index (χ4n) is 3.78. The van der Waals surface area contributed by atoms with Crippen LogP contribution in [-0.2, 0) is 0 Å². The summed E-state index contributed by atoms with van der Waals surface area (Å²) < 4.78 is 10.6. The number of nitrogens with one attached hydrogen (secondary N) is 1. The van der Waals surface area contributed by atoms with Crippen molar-refractivity contribution in [2.75, 3.05) is 19.2 Å². The second kappa shape index (κ2) is 9.65. The third-order valence-corrected chi connectivity index (χ3v) is 5.73. The van der Waals surface area contributed by atoms with E-state index in [1.165, 1.54) is 11.1 Å². The monoisotopic (exact) mass is 426 g/mol. The number of allylic oxidation sites excluding steroid dienone is 1. The van der Waals surface area contributed by atoms with E-state index in [0.717, 1.165) is 28.4 Å². The average molecular weight is 427 g/mol. The quantitative estimate of drug-likeness (QED) is 0.468. The summed E-state index contributed by atoms with van der Waals surface area (Å²) in [6.07, 6.45) is 6.47. The van der Waals surface area contributed by atoms with Gasteiger partial charge in [0.05, 0.1) is 31.6 Å². The van der Waals surface area contributed by atoms with Crippen LogP contribution in [-0.4, -0.2) is 14.2 Å². The highest BCUT2D eigenvalue weighted by Gasteiger charge is 2.25. The van der Waals surface area contributed by atoms with E-state index in [0.29, 0.717) is 5.92 Å². The van der Waals surface area contributed by atoms with Gasteiger partial charge in [-0.15, -0.1) is 0 Å². The summed E-state index contributed by atoms with van der Waals surface area (Å²) in [7, 11) is 3.37. The summed E-state index contributed by atoms with van der Waals surface area (Å²) in [5, 5.41) is 2.21. The van der Waals surface area contributed by atoms with Crippen molar-refractivity contribution in [3.63, 3.8) is 0 Å². The van der Waals surface area contributed by atoms with E-state index in [1.807, 2.05) is 36.4 Å². The van der Waals surface area contributed by atoms with Crippen molar-refractivity contribution in [1.82, 2.24) is 5.43 Å². The molecular weight excluding hydrogens is 396 g/mol. The predicted molar refractivity (Wildman–Crippen MR) is 132 cm³/mol. The van der Waals surface area contributed by atoms with E-state index in [1.54, 1.807) is 14.2 Å². The first-order valence-corrected chi connectivity index (χ1v) is 10.9. The summed E-state index contributed by atoms with van der Waals surface area (Å²) in [4.78, 5) is 0. The molecular formula is C28H30N2O2. The number of methoxy groups -OCH3 is 2. The Morgan fingerprint density at radius 2 is 1.38 bits per heavy atom. The van der Waals surface area contributed by atoms with Crippen LogP contribution in [0.15, 0.2) is 90.6 Å². The first-order chi connectivity index (χ1) is 15.6. The Morgan fingerprint density at radius 3 is 1.94 bits per heavy atom. The number of hydrazine groups is 1. The first kappa shape index (κ1) is 21.6. The molecule has 0 bridgehead atoms. The zero-order valence-corrected chi connectivity index (χ0v) is 19.1. The summed E-state index contributed by atoms with van der Waals surface area (Å²) >= 11 is 0. The lowest BCUT2D eigenvalue weighted by molar-refractivity contribution is 0.414. The minimum atomic E-state index is 0.0707. The summed E-state index contributed by atoms with van der Waals surface area (Å²) in [6.45, 7) is 4.43. The maximum Gasteiger partial charge on any atom is 0.118 e. The van der Waals surface area contributed by atoms with E-state index in [9.17, 15) is 0 Å². The van der Waals surface area contributed by atoms with Crippen LogP contribution in [0.25, 0.3) is 6.08 Å². The van der Waals surface area contributed by atoms with Gasteiger partial charge in [-0.05, 0) is 71.2 Å². The summed E-state index contributed by atoms with van der Waals surface area (Å²) in [6, 6.07) is 25.1. The predicted octanol–water partition coefficient (Wildman–Crippen LogP) is 6.49. The zero-order valence-electron chi connectivity index (χ0n) is 19.1. The molecule has 1 heterocycles. The maximum atomic E-state index is 5.34. The molecule has 4 rings (SSSR count). The molecule has 4 heteroatoms. The number of ether oxygens (including phenoxy) is 2. The Morgan fingerprint density at radius 1 is 0.781 bits per heavy atom. The van der Waals surface area contributed by atoms with E-state index in [-0.39, 0.29) is 6.04 Å². The lowest BCUT2D eigenvalue weighted by Gasteiger charge is -2.28. The Labute approximate surface area is 190 Å². The van der Waals surface area contributed by atoms with Crippen LogP contribution in [0, 0.1) is 0 Å². The molecule has 0 aliphatic carbocycles. The van der Waals surface area contributed by atoms with Crippen LogP contribution in [0.2, 0.25) is 0 Å². The number of hydrogen-bond acceptors (Lipinski definition) is 4. The van der Waals surface area contributed by atoms with Crippen molar-refractivity contribution in [2.24, 2.45) is 0 Å². The van der Waals surface area contributed by atoms with Crippen LogP contribution in [0.5, 0.6) is 11.5 Å². The molecule has 1 aliphatic rings. The van der Waals surface area contributed by atoms with Crippen LogP contribution in [0.4, 0.5) is 5.69 Å². The number of nitrogens with zero attached hydrogens (tertiary/aromatic N) is 1. The molecule has 164 valence electrons. The van der Waals surface area contributed by atoms with Gasteiger partial charge in [0.15, 0.2) is 0 Å². The van der Waals surface area contributed by atoms with Gasteiger partial charge in [0, 0.05) is 0 Å². The normalized spacial score (nSPS) is 15.7. The van der Waals surface area contributed by atoms with Crippen molar-refractivity contribution < 1.29 is 9.47 Å². The Kier molecular flexibility index (Phi) is 6.50. The van der Waals surface area contributed by atoms with E-state index < -0.39 is 0 Å². The van der Waals surface area contributed by atoms with Gasteiger partial charge in [0.25, 0.3) is 0 Å². The highest BCUT2D eigenvalue weighted by atomic mass is 16.5. The van der Waals surface area contributed by atoms with Crippen molar-refractivity contribution >= 4 is 11.8 Å². The third kappa shape index (κ3) is 4.80. The molecule has 0 fully saturated rings. The molecule has 0 radical (unpaired) electrons. The molecule has 0 amide bonds. The van der Waals surface area contributed by atoms with Gasteiger partial charge in [0.2, 0.25) is 0 Å². The van der Waals surface area contributed by atoms with Gasteiger partial charge in [-0.25, -0.2) is 0 Å². The third-order valence-electron chi connectivity index (χ3n) is 5.73. The van der Waals surface area contributed by atoms with Crippen LogP contribution < -0.4 is 19.9 Å². The topological polar surface area (TPSA) is 33.7 Å². The molecule has 0 spiro atoms. The second-order valence-electron chi connectivity index (χ2n) is 8.17. The van der Waals surface area contributed by atoms with Gasteiger partial charge in [-0.2, -0.15) is 0 Å². The molecule has 32 heavy (non-hydrogen) atoms. The Balaban J connectivity index is 1.61. The van der Waals surface area contributed by atoms with E-state index in [4.69, 9.17) is 9.47 Å². The Hall–Kier alpha value is -3.66. The van der Waals surface area contributed by atoms with Crippen LogP contribution >= 0.6 is 0 Å². The molecule has 0 aromatic heterocycles. The van der Waals surface area contributed by atoms with Crippen molar-refractivity contribution in [1.29, 1.82) is 0 Å². The molecule has 1 N–H and O–H groups in total. The molecule has 3 aromatic rings. The number of benzene rings is 3. The molecule has 0 saturated carbocycles. The molecule has 1 aliphatic heterocycles. The lowest BCUT2D eigenvalue weighted by Crippen LogP contribution is -2.34. The maximum absolute atomic E-state index is 5.34. The Bertz CT molecular complexity index is 1080. The molecule has 1 atom stereocenters. The highest BCUT2D eigenvalue weighted by molar-refractivity contribution is 5.59. The fourth-order valence-corrected chi connectivity index (χ4v) is 3.78. The standard InChI is InChI=1S/C28H30N2O2/c1-20(2)22-8-13-25(14-9-22)30-28(23-10-17-27(32-4)18-11-23)19-24(29-30)12-5-21-6-15-26(31-3)16-7-21/h5-20,28-29H,1-4H3. The fraction of sp³-hybridized carbons (Fsp3) is 0.214. The molecule has 4 nitrogen and oxygen atoms in total. The van der Waals surface area contributed by atoms with Crippen molar-refractivity contribution in [2.45, 2.75) is 25.8 Å². The smallest absolute Gasteiger partial charge is 0.118 e. The van der Waals surface area contributed by atoms with Gasteiger partial charge in [0.1, 0.15) is 11.5 Å². The highest BCUT2D eigenvalue weighted by Crippen LogP contribution is 2.34. The molecule has 0 saturated heterocycles. The summed E-state index contributed by atoms with van der Waals surface area (Å²) in [5.41, 5.74) is 9.40. The van der Waals surface area contributed by atoms with Crippen molar-refractivity contribution in [3.05, 3.63) is 107 Å². The summed E-state index contributed by atoms with van der Waals surface area (Å²) in [5.74, 6) is 2.22. The van der Waals surface area contributed by atoms with Gasteiger partial charge in [-0.3, -0.25) is 10.4 Å².